The monoisotopic (exact) mass is 381 g/mol. The van der Waals surface area contributed by atoms with E-state index in [0.717, 1.165) is 16.9 Å². The number of carbonyl (C=O) groups is 2. The van der Waals surface area contributed by atoms with E-state index in [9.17, 15) is 14.7 Å². The summed E-state index contributed by atoms with van der Waals surface area (Å²) >= 11 is 0. The molecule has 1 N–H and O–H groups in total. The maximum atomic E-state index is 13.0. The van der Waals surface area contributed by atoms with E-state index in [1.807, 2.05) is 36.4 Å². The van der Waals surface area contributed by atoms with Gasteiger partial charge in [0, 0.05) is 25.3 Å². The molecule has 2 atom stereocenters. The van der Waals surface area contributed by atoms with Crippen molar-refractivity contribution in [2.45, 2.75) is 6.42 Å². The summed E-state index contributed by atoms with van der Waals surface area (Å²) in [5.74, 6) is -0.287. The Balaban J connectivity index is 1.53. The number of benzene rings is 2. The molecule has 2 aliphatic rings. The van der Waals surface area contributed by atoms with Crippen molar-refractivity contribution in [2.24, 2.45) is 11.3 Å². The van der Waals surface area contributed by atoms with Crippen LogP contribution in [0.3, 0.4) is 0 Å². The third kappa shape index (κ3) is 3.14. The number of carboxylic acid groups (broad SMARTS) is 1. The molecule has 0 aliphatic carbocycles. The zero-order chi connectivity index (χ0) is 19.7. The molecule has 1 amide bonds. The summed E-state index contributed by atoms with van der Waals surface area (Å²) in [5.41, 5.74) is 1.58. The maximum absolute atomic E-state index is 13.0. The van der Waals surface area contributed by atoms with E-state index in [1.54, 1.807) is 24.1 Å². The number of likely N-dealkylation sites (tertiary alicyclic amines) is 1. The summed E-state index contributed by atoms with van der Waals surface area (Å²) in [7, 11) is 1.63. The van der Waals surface area contributed by atoms with E-state index in [4.69, 9.17) is 9.47 Å². The van der Waals surface area contributed by atoms with Crippen molar-refractivity contribution in [3.8, 4) is 16.9 Å². The van der Waals surface area contributed by atoms with E-state index in [0.29, 0.717) is 25.1 Å². The third-order valence-corrected chi connectivity index (χ3v) is 5.91. The van der Waals surface area contributed by atoms with Crippen molar-refractivity contribution >= 4 is 11.9 Å². The first-order valence-electron chi connectivity index (χ1n) is 9.38. The molecule has 2 aromatic carbocycles. The number of ether oxygens (including phenoxy) is 2. The molecule has 0 spiro atoms. The molecule has 2 aliphatic heterocycles. The smallest absolute Gasteiger partial charge is 0.314 e. The lowest BCUT2D eigenvalue weighted by atomic mass is 9.76. The van der Waals surface area contributed by atoms with Crippen LogP contribution in [0.25, 0.3) is 11.1 Å². The number of carbonyl (C=O) groups excluding carboxylic acids is 1. The second kappa shape index (κ2) is 7.28. The number of methoxy groups -OCH3 is 1. The largest absolute Gasteiger partial charge is 0.497 e. The molecule has 0 saturated carbocycles. The Morgan fingerprint density at radius 2 is 1.96 bits per heavy atom. The summed E-state index contributed by atoms with van der Waals surface area (Å²) in [4.78, 5) is 26.5. The van der Waals surface area contributed by atoms with Gasteiger partial charge >= 0.3 is 5.97 Å². The van der Waals surface area contributed by atoms with E-state index in [2.05, 4.69) is 0 Å². The highest BCUT2D eigenvalue weighted by Crippen LogP contribution is 2.42. The lowest BCUT2D eigenvalue weighted by Gasteiger charge is -2.33. The molecule has 6 heteroatoms. The molecule has 0 radical (unpaired) electrons. The molecular weight excluding hydrogens is 358 g/mol. The minimum Gasteiger partial charge on any atom is -0.497 e. The summed E-state index contributed by atoms with van der Waals surface area (Å²) in [6.07, 6.45) is 0.671. The SMILES string of the molecule is COc1cccc(-c2ccc(C(=O)N3C[C@@H]4CCOC[C@]4(C(=O)O)C3)cc2)c1. The van der Waals surface area contributed by atoms with Gasteiger partial charge in [-0.25, -0.2) is 0 Å². The summed E-state index contributed by atoms with van der Waals surface area (Å²) in [6.45, 7) is 1.39. The average Bonchev–Trinajstić information content (AvgIpc) is 3.14. The first-order valence-corrected chi connectivity index (χ1v) is 9.38. The Labute approximate surface area is 163 Å². The van der Waals surface area contributed by atoms with Gasteiger partial charge in [0.1, 0.15) is 11.2 Å². The summed E-state index contributed by atoms with van der Waals surface area (Å²) in [5, 5.41) is 9.75. The van der Waals surface area contributed by atoms with Gasteiger partial charge in [-0.15, -0.1) is 0 Å². The number of amides is 1. The lowest BCUT2D eigenvalue weighted by Crippen LogP contribution is -2.46. The van der Waals surface area contributed by atoms with Crippen molar-refractivity contribution in [3.05, 3.63) is 54.1 Å². The maximum Gasteiger partial charge on any atom is 0.314 e. The summed E-state index contributed by atoms with van der Waals surface area (Å²) < 4.78 is 10.7. The highest BCUT2D eigenvalue weighted by Gasteiger charge is 2.55. The minimum atomic E-state index is -0.978. The van der Waals surface area contributed by atoms with Crippen LogP contribution in [0.4, 0.5) is 0 Å². The number of hydrogen-bond acceptors (Lipinski definition) is 4. The third-order valence-electron chi connectivity index (χ3n) is 5.91. The second-order valence-electron chi connectivity index (χ2n) is 7.49. The first-order chi connectivity index (χ1) is 13.5. The normalized spacial score (nSPS) is 23.9. The highest BCUT2D eigenvalue weighted by molar-refractivity contribution is 5.95. The van der Waals surface area contributed by atoms with Crippen molar-refractivity contribution in [3.63, 3.8) is 0 Å². The topological polar surface area (TPSA) is 76.1 Å². The molecule has 2 aromatic rings. The van der Waals surface area contributed by atoms with Crippen LogP contribution in [0.2, 0.25) is 0 Å². The Hall–Kier alpha value is -2.86. The molecule has 28 heavy (non-hydrogen) atoms. The van der Waals surface area contributed by atoms with E-state index in [-0.39, 0.29) is 25.0 Å². The molecule has 0 aromatic heterocycles. The van der Waals surface area contributed by atoms with Gasteiger partial charge in [-0.05, 0) is 47.7 Å². The van der Waals surface area contributed by atoms with Gasteiger partial charge in [-0.1, -0.05) is 24.3 Å². The quantitative estimate of drug-likeness (QED) is 0.881. The second-order valence-corrected chi connectivity index (χ2v) is 7.49. The summed E-state index contributed by atoms with van der Waals surface area (Å²) in [6, 6.07) is 15.1. The van der Waals surface area contributed by atoms with Gasteiger partial charge in [0.2, 0.25) is 0 Å². The van der Waals surface area contributed by atoms with E-state index >= 15 is 0 Å². The molecule has 0 unspecified atom stereocenters. The van der Waals surface area contributed by atoms with Gasteiger partial charge in [0.25, 0.3) is 5.91 Å². The predicted octanol–water partition coefficient (Wildman–Crippen LogP) is 2.93. The van der Waals surface area contributed by atoms with Crippen LogP contribution in [0.15, 0.2) is 48.5 Å². The van der Waals surface area contributed by atoms with Crippen LogP contribution in [-0.4, -0.2) is 55.3 Å². The van der Waals surface area contributed by atoms with Crippen LogP contribution in [0, 0.1) is 11.3 Å². The van der Waals surface area contributed by atoms with E-state index < -0.39 is 11.4 Å². The molecular formula is C22H23NO5. The van der Waals surface area contributed by atoms with Gasteiger partial charge in [-0.2, -0.15) is 0 Å². The molecule has 4 rings (SSSR count). The number of nitrogens with zero attached hydrogens (tertiary/aromatic N) is 1. The molecule has 146 valence electrons. The Morgan fingerprint density at radius 1 is 1.18 bits per heavy atom. The van der Waals surface area contributed by atoms with Gasteiger partial charge in [0.05, 0.1) is 13.7 Å². The van der Waals surface area contributed by atoms with Crippen LogP contribution in [0.5, 0.6) is 5.75 Å². The molecule has 0 bridgehead atoms. The van der Waals surface area contributed by atoms with Crippen LogP contribution in [0.1, 0.15) is 16.8 Å². The van der Waals surface area contributed by atoms with Crippen molar-refractivity contribution in [2.75, 3.05) is 33.4 Å². The van der Waals surface area contributed by atoms with Crippen LogP contribution >= 0.6 is 0 Å². The van der Waals surface area contributed by atoms with Gasteiger partial charge in [-0.3, -0.25) is 9.59 Å². The highest BCUT2D eigenvalue weighted by atomic mass is 16.5. The predicted molar refractivity (Wildman–Crippen MR) is 103 cm³/mol. The molecule has 2 saturated heterocycles. The Kier molecular flexibility index (Phi) is 4.81. The van der Waals surface area contributed by atoms with E-state index in [1.165, 1.54) is 0 Å². The van der Waals surface area contributed by atoms with Crippen LogP contribution < -0.4 is 4.74 Å². The number of aliphatic carboxylic acids is 1. The van der Waals surface area contributed by atoms with Gasteiger partial charge < -0.3 is 19.5 Å². The number of rotatable bonds is 4. The Morgan fingerprint density at radius 3 is 2.64 bits per heavy atom. The Bertz CT molecular complexity index is 894. The molecule has 2 heterocycles. The van der Waals surface area contributed by atoms with Gasteiger partial charge in [0.15, 0.2) is 0 Å². The fourth-order valence-electron chi connectivity index (χ4n) is 4.24. The van der Waals surface area contributed by atoms with Crippen molar-refractivity contribution in [1.29, 1.82) is 0 Å². The first kappa shape index (κ1) is 18.5. The fraction of sp³-hybridized carbons (Fsp3) is 0.364. The number of fused-ring (bicyclic) bond motifs is 1. The van der Waals surface area contributed by atoms with Crippen molar-refractivity contribution < 1.29 is 24.2 Å². The zero-order valence-corrected chi connectivity index (χ0v) is 15.8. The lowest BCUT2D eigenvalue weighted by molar-refractivity contribution is -0.159. The molecule has 6 nitrogen and oxygen atoms in total. The number of carboxylic acids is 1. The number of hydrogen-bond donors (Lipinski definition) is 1. The standard InChI is InChI=1S/C22H23NO5/c1-27-19-4-2-3-17(11-19)15-5-7-16(8-6-15)20(24)23-12-18-9-10-28-14-22(18,13-23)21(25)26/h2-8,11,18H,9-10,12-14H2,1H3,(H,25,26)/t18-,22+/m0/s1. The van der Waals surface area contributed by atoms with Crippen molar-refractivity contribution in [1.82, 2.24) is 4.90 Å². The molecule has 2 fully saturated rings. The van der Waals surface area contributed by atoms with Crippen LogP contribution in [-0.2, 0) is 9.53 Å². The zero-order valence-electron chi connectivity index (χ0n) is 15.8. The minimum absolute atomic E-state index is 0.0567. The fourth-order valence-corrected chi connectivity index (χ4v) is 4.24. The average molecular weight is 381 g/mol.